The van der Waals surface area contributed by atoms with Crippen LogP contribution >= 0.6 is 0 Å². The number of ether oxygens (including phenoxy) is 1. The van der Waals surface area contributed by atoms with Gasteiger partial charge in [0, 0.05) is 11.8 Å². The minimum atomic E-state index is -0.283. The molecule has 1 heterocycles. The summed E-state index contributed by atoms with van der Waals surface area (Å²) in [6, 6.07) is 11.3. The van der Waals surface area contributed by atoms with Crippen molar-refractivity contribution in [2.45, 2.75) is 33.3 Å². The van der Waals surface area contributed by atoms with Crippen molar-refractivity contribution < 1.29 is 9.53 Å². The first-order valence-electron chi connectivity index (χ1n) is 6.85. The quantitative estimate of drug-likeness (QED) is 0.787. The van der Waals surface area contributed by atoms with Crippen molar-refractivity contribution in [2.75, 3.05) is 0 Å². The van der Waals surface area contributed by atoms with E-state index in [1.807, 2.05) is 51.1 Å². The average molecular weight is 269 g/mol. The van der Waals surface area contributed by atoms with Crippen LogP contribution in [-0.4, -0.2) is 17.1 Å². The third kappa shape index (κ3) is 3.23. The van der Waals surface area contributed by atoms with Gasteiger partial charge in [-0.3, -0.25) is 4.98 Å². The summed E-state index contributed by atoms with van der Waals surface area (Å²) in [5, 5.41) is 0. The maximum atomic E-state index is 12.0. The Labute approximate surface area is 119 Å². The summed E-state index contributed by atoms with van der Waals surface area (Å²) in [6.45, 7) is 5.89. The van der Waals surface area contributed by atoms with Crippen molar-refractivity contribution >= 4 is 5.97 Å². The van der Waals surface area contributed by atoms with Gasteiger partial charge in [-0.2, -0.15) is 0 Å². The molecule has 0 aliphatic carbocycles. The SMILES string of the molecule is CCC(C)OC(=O)c1cccc(-c2ncccc2C)c1. The molecule has 0 N–H and O–H groups in total. The monoisotopic (exact) mass is 269 g/mol. The molecule has 0 aliphatic heterocycles. The van der Waals surface area contributed by atoms with Crippen LogP contribution in [0, 0.1) is 6.92 Å². The van der Waals surface area contributed by atoms with E-state index < -0.39 is 0 Å². The van der Waals surface area contributed by atoms with Gasteiger partial charge in [0.2, 0.25) is 0 Å². The van der Waals surface area contributed by atoms with Gasteiger partial charge in [0.25, 0.3) is 0 Å². The largest absolute Gasteiger partial charge is 0.459 e. The molecule has 0 fully saturated rings. The molecule has 0 spiro atoms. The molecule has 0 bridgehead atoms. The van der Waals surface area contributed by atoms with Crippen molar-refractivity contribution in [1.82, 2.24) is 4.98 Å². The predicted molar refractivity (Wildman–Crippen MR) is 79.6 cm³/mol. The number of hydrogen-bond acceptors (Lipinski definition) is 3. The predicted octanol–water partition coefficient (Wildman–Crippen LogP) is 4.01. The summed E-state index contributed by atoms with van der Waals surface area (Å²) in [6.07, 6.45) is 2.50. The zero-order valence-corrected chi connectivity index (χ0v) is 12.1. The fourth-order valence-corrected chi connectivity index (χ4v) is 1.92. The fourth-order valence-electron chi connectivity index (χ4n) is 1.92. The van der Waals surface area contributed by atoms with E-state index in [0.29, 0.717) is 5.56 Å². The van der Waals surface area contributed by atoms with E-state index in [1.54, 1.807) is 12.3 Å². The van der Waals surface area contributed by atoms with E-state index in [2.05, 4.69) is 4.98 Å². The Kier molecular flexibility index (Phi) is 4.51. The van der Waals surface area contributed by atoms with Crippen LogP contribution in [-0.2, 0) is 4.74 Å². The molecule has 20 heavy (non-hydrogen) atoms. The number of rotatable bonds is 4. The topological polar surface area (TPSA) is 39.2 Å². The molecule has 1 aromatic heterocycles. The number of pyridine rings is 1. The lowest BCUT2D eigenvalue weighted by molar-refractivity contribution is 0.0334. The second kappa shape index (κ2) is 6.33. The molecule has 2 rings (SSSR count). The Bertz CT molecular complexity index is 607. The number of carbonyl (C=O) groups is 1. The van der Waals surface area contributed by atoms with Crippen LogP contribution < -0.4 is 0 Å². The highest BCUT2D eigenvalue weighted by atomic mass is 16.5. The minimum absolute atomic E-state index is 0.0669. The maximum Gasteiger partial charge on any atom is 0.338 e. The minimum Gasteiger partial charge on any atom is -0.459 e. The second-order valence-electron chi connectivity index (χ2n) is 4.87. The molecule has 3 nitrogen and oxygen atoms in total. The highest BCUT2D eigenvalue weighted by molar-refractivity contribution is 5.91. The lowest BCUT2D eigenvalue weighted by atomic mass is 10.0. The first-order chi connectivity index (χ1) is 9.61. The van der Waals surface area contributed by atoms with E-state index in [4.69, 9.17) is 4.74 Å². The van der Waals surface area contributed by atoms with Gasteiger partial charge in [-0.05, 0) is 44.0 Å². The average Bonchev–Trinajstić information content (AvgIpc) is 2.47. The third-order valence-electron chi connectivity index (χ3n) is 3.26. The highest BCUT2D eigenvalue weighted by Gasteiger charge is 2.12. The number of nitrogens with zero attached hydrogens (tertiary/aromatic N) is 1. The number of carbonyl (C=O) groups excluding carboxylic acids is 1. The summed E-state index contributed by atoms with van der Waals surface area (Å²) in [5.41, 5.74) is 3.47. The van der Waals surface area contributed by atoms with Crippen LogP contribution in [0.15, 0.2) is 42.6 Å². The van der Waals surface area contributed by atoms with Crippen LogP contribution in [0.4, 0.5) is 0 Å². The molecule has 1 unspecified atom stereocenters. The van der Waals surface area contributed by atoms with Crippen molar-refractivity contribution in [3.63, 3.8) is 0 Å². The molecule has 0 radical (unpaired) electrons. The molecular formula is C17H19NO2. The van der Waals surface area contributed by atoms with Gasteiger partial charge < -0.3 is 4.74 Å². The third-order valence-corrected chi connectivity index (χ3v) is 3.26. The Morgan fingerprint density at radius 3 is 2.80 bits per heavy atom. The normalized spacial score (nSPS) is 11.9. The number of aromatic nitrogens is 1. The van der Waals surface area contributed by atoms with Gasteiger partial charge in [-0.15, -0.1) is 0 Å². The van der Waals surface area contributed by atoms with Crippen LogP contribution in [0.2, 0.25) is 0 Å². The van der Waals surface area contributed by atoms with Gasteiger partial charge in [0.1, 0.15) is 0 Å². The van der Waals surface area contributed by atoms with E-state index in [9.17, 15) is 4.79 Å². The number of esters is 1. The molecule has 0 aliphatic rings. The van der Waals surface area contributed by atoms with E-state index >= 15 is 0 Å². The van der Waals surface area contributed by atoms with Crippen molar-refractivity contribution in [1.29, 1.82) is 0 Å². The second-order valence-corrected chi connectivity index (χ2v) is 4.87. The zero-order chi connectivity index (χ0) is 14.5. The Hall–Kier alpha value is -2.16. The van der Waals surface area contributed by atoms with Crippen molar-refractivity contribution in [3.05, 3.63) is 53.7 Å². The first kappa shape index (κ1) is 14.3. The lowest BCUT2D eigenvalue weighted by Gasteiger charge is -2.11. The van der Waals surface area contributed by atoms with Crippen LogP contribution in [0.3, 0.4) is 0 Å². The van der Waals surface area contributed by atoms with E-state index in [-0.39, 0.29) is 12.1 Å². The molecule has 1 atom stereocenters. The summed E-state index contributed by atoms with van der Waals surface area (Å²) in [4.78, 5) is 16.4. The van der Waals surface area contributed by atoms with E-state index in [1.165, 1.54) is 0 Å². The molecular weight excluding hydrogens is 250 g/mol. The van der Waals surface area contributed by atoms with Gasteiger partial charge >= 0.3 is 5.97 Å². The molecule has 3 heteroatoms. The number of hydrogen-bond donors (Lipinski definition) is 0. The standard InChI is InChI=1S/C17H19NO2/c1-4-13(3)20-17(19)15-9-5-8-14(11-15)16-12(2)7-6-10-18-16/h5-11,13H,4H2,1-3H3. The molecule has 0 saturated heterocycles. The van der Waals surface area contributed by atoms with Gasteiger partial charge in [-0.1, -0.05) is 25.1 Å². The Balaban J connectivity index is 2.29. The fraction of sp³-hybridized carbons (Fsp3) is 0.294. The Morgan fingerprint density at radius 2 is 2.10 bits per heavy atom. The highest BCUT2D eigenvalue weighted by Crippen LogP contribution is 2.22. The van der Waals surface area contributed by atoms with Gasteiger partial charge in [-0.25, -0.2) is 4.79 Å². The van der Waals surface area contributed by atoms with E-state index in [0.717, 1.165) is 23.2 Å². The number of benzene rings is 1. The van der Waals surface area contributed by atoms with Crippen LogP contribution in [0.25, 0.3) is 11.3 Å². The smallest absolute Gasteiger partial charge is 0.338 e. The molecule has 1 aromatic carbocycles. The molecule has 2 aromatic rings. The summed E-state index contributed by atoms with van der Waals surface area (Å²) in [7, 11) is 0. The van der Waals surface area contributed by atoms with Gasteiger partial charge in [0.05, 0.1) is 17.4 Å². The lowest BCUT2D eigenvalue weighted by Crippen LogP contribution is -2.14. The summed E-state index contributed by atoms with van der Waals surface area (Å²) >= 11 is 0. The molecule has 0 saturated carbocycles. The molecule has 104 valence electrons. The first-order valence-corrected chi connectivity index (χ1v) is 6.85. The molecule has 0 amide bonds. The summed E-state index contributed by atoms with van der Waals surface area (Å²) in [5.74, 6) is -0.283. The Morgan fingerprint density at radius 1 is 1.30 bits per heavy atom. The van der Waals surface area contributed by atoms with Crippen LogP contribution in [0.1, 0.15) is 36.2 Å². The zero-order valence-electron chi connectivity index (χ0n) is 12.1. The van der Waals surface area contributed by atoms with Crippen molar-refractivity contribution in [2.24, 2.45) is 0 Å². The number of aryl methyl sites for hydroxylation is 1. The van der Waals surface area contributed by atoms with Crippen LogP contribution in [0.5, 0.6) is 0 Å². The van der Waals surface area contributed by atoms with Gasteiger partial charge in [0.15, 0.2) is 0 Å². The van der Waals surface area contributed by atoms with Crippen molar-refractivity contribution in [3.8, 4) is 11.3 Å². The summed E-state index contributed by atoms with van der Waals surface area (Å²) < 4.78 is 5.35. The maximum absolute atomic E-state index is 12.0.